The molecule has 0 saturated heterocycles. The number of nitrogens with one attached hydrogen (secondary N) is 2. The van der Waals surface area contributed by atoms with Crippen molar-refractivity contribution in [1.82, 2.24) is 20.3 Å². The minimum absolute atomic E-state index is 0.389. The molecule has 3 heterocycles. The number of hydrogen-bond acceptors (Lipinski definition) is 6. The van der Waals surface area contributed by atoms with E-state index >= 15 is 0 Å². The summed E-state index contributed by atoms with van der Waals surface area (Å²) in [6.45, 7) is 0. The van der Waals surface area contributed by atoms with E-state index in [2.05, 4.69) is 20.3 Å². The summed E-state index contributed by atoms with van der Waals surface area (Å²) in [5.41, 5.74) is 5.09. The van der Waals surface area contributed by atoms with Crippen molar-refractivity contribution in [3.63, 3.8) is 0 Å². The Morgan fingerprint density at radius 1 is 1.32 bits per heavy atom. The van der Waals surface area contributed by atoms with Crippen molar-refractivity contribution >= 4 is 45.3 Å². The largest absolute Gasteiger partial charge is 0.393 e. The lowest BCUT2D eigenvalue weighted by Gasteiger charge is -2.09. The summed E-state index contributed by atoms with van der Waals surface area (Å²) in [5, 5.41) is 11.8. The highest BCUT2D eigenvalue weighted by molar-refractivity contribution is 7.12. The molecule has 3 aromatic heterocycles. The molecule has 0 unspecified atom stereocenters. The van der Waals surface area contributed by atoms with E-state index in [9.17, 15) is 0 Å². The Morgan fingerprint density at radius 3 is 2.91 bits per heavy atom. The molecule has 0 aliphatic carbocycles. The number of hydrogen-bond donors (Lipinski definition) is 2. The van der Waals surface area contributed by atoms with Gasteiger partial charge in [0.1, 0.15) is 5.15 Å². The highest BCUT2D eigenvalue weighted by atomic mass is 35.5. The van der Waals surface area contributed by atoms with Gasteiger partial charge in [0, 0.05) is 36.8 Å². The molecule has 2 N–H and O–H groups in total. The second kappa shape index (κ2) is 6.21. The predicted molar refractivity (Wildman–Crippen MR) is 90.5 cm³/mol. The minimum atomic E-state index is 0.389. The third-order valence-corrected chi connectivity index (χ3v) is 4.05. The van der Waals surface area contributed by atoms with Crippen LogP contribution in [0.25, 0.3) is 16.6 Å². The summed E-state index contributed by atoms with van der Waals surface area (Å²) < 4.78 is 0. The molecule has 0 aliphatic heterocycles. The molecule has 22 heavy (non-hydrogen) atoms. The van der Waals surface area contributed by atoms with Gasteiger partial charge in [0.25, 0.3) is 0 Å². The fourth-order valence-corrected chi connectivity index (χ4v) is 2.78. The molecule has 3 aromatic rings. The summed E-state index contributed by atoms with van der Waals surface area (Å²) in [5.74, 6) is 0. The molecule has 3 rings (SSSR count). The maximum atomic E-state index is 8.38. The van der Waals surface area contributed by atoms with Crippen LogP contribution >= 0.6 is 22.9 Å². The molecule has 5 nitrogen and oxygen atoms in total. The topological polar surface area (TPSA) is 74.6 Å². The highest BCUT2D eigenvalue weighted by Crippen LogP contribution is 2.23. The molecule has 0 saturated carbocycles. The van der Waals surface area contributed by atoms with E-state index in [4.69, 9.17) is 17.0 Å². The van der Waals surface area contributed by atoms with Crippen LogP contribution in [-0.4, -0.2) is 27.7 Å². The zero-order valence-corrected chi connectivity index (χ0v) is 13.2. The molecule has 0 radical (unpaired) electrons. The summed E-state index contributed by atoms with van der Waals surface area (Å²) in [7, 11) is 1.80. The monoisotopic (exact) mass is 329 g/mol. The minimum Gasteiger partial charge on any atom is -0.393 e. The van der Waals surface area contributed by atoms with Crippen LogP contribution in [0.1, 0.15) is 10.4 Å². The van der Waals surface area contributed by atoms with E-state index in [0.717, 1.165) is 21.5 Å². The third-order valence-electron chi connectivity index (χ3n) is 3.05. The van der Waals surface area contributed by atoms with Crippen LogP contribution in [0, 0.1) is 5.41 Å². The molecule has 0 amide bonds. The number of thiazole rings is 1. The second-order valence-corrected chi connectivity index (χ2v) is 5.76. The Morgan fingerprint density at radius 2 is 2.18 bits per heavy atom. The lowest BCUT2D eigenvalue weighted by atomic mass is 10.0. The SMILES string of the molecule is CN/C=C(\C(=N)c1cncs1)c1cnc2ccc(Cl)nc2c1. The first-order valence-electron chi connectivity index (χ1n) is 6.47. The normalized spacial score (nSPS) is 11.6. The fraction of sp³-hybridized carbons (Fsp3) is 0.0667. The quantitative estimate of drug-likeness (QED) is 0.568. The van der Waals surface area contributed by atoms with Gasteiger partial charge >= 0.3 is 0 Å². The van der Waals surface area contributed by atoms with E-state index in [1.54, 1.807) is 37.2 Å². The van der Waals surface area contributed by atoms with Crippen molar-refractivity contribution in [2.45, 2.75) is 0 Å². The van der Waals surface area contributed by atoms with Crippen molar-refractivity contribution in [2.24, 2.45) is 0 Å². The Bertz CT molecular complexity index is 858. The first kappa shape index (κ1) is 14.6. The predicted octanol–water partition coefficient (Wildman–Crippen LogP) is 3.37. The summed E-state index contributed by atoms with van der Waals surface area (Å²) in [4.78, 5) is 13.5. The number of allylic oxidation sites excluding steroid dienone is 1. The van der Waals surface area contributed by atoms with E-state index in [1.165, 1.54) is 11.3 Å². The van der Waals surface area contributed by atoms with E-state index in [0.29, 0.717) is 16.4 Å². The van der Waals surface area contributed by atoms with E-state index in [1.807, 2.05) is 12.1 Å². The molecule has 0 fully saturated rings. The van der Waals surface area contributed by atoms with Crippen LogP contribution < -0.4 is 5.32 Å². The van der Waals surface area contributed by atoms with Gasteiger partial charge < -0.3 is 5.32 Å². The van der Waals surface area contributed by atoms with Gasteiger partial charge in [-0.1, -0.05) is 11.6 Å². The van der Waals surface area contributed by atoms with Crippen molar-refractivity contribution in [3.8, 4) is 0 Å². The summed E-state index contributed by atoms with van der Waals surface area (Å²) >= 11 is 7.37. The maximum Gasteiger partial charge on any atom is 0.129 e. The van der Waals surface area contributed by atoms with Crippen LogP contribution in [-0.2, 0) is 0 Å². The fourth-order valence-electron chi connectivity index (χ4n) is 2.05. The highest BCUT2D eigenvalue weighted by Gasteiger charge is 2.13. The first-order valence-corrected chi connectivity index (χ1v) is 7.72. The Kier molecular flexibility index (Phi) is 4.13. The number of aromatic nitrogens is 3. The molecule has 0 bridgehead atoms. The van der Waals surface area contributed by atoms with E-state index in [-0.39, 0.29) is 0 Å². The van der Waals surface area contributed by atoms with Crippen LogP contribution in [0.15, 0.2) is 42.3 Å². The third kappa shape index (κ3) is 2.84. The molecular weight excluding hydrogens is 318 g/mol. The van der Waals surface area contributed by atoms with Gasteiger partial charge in [0.15, 0.2) is 0 Å². The van der Waals surface area contributed by atoms with Gasteiger partial charge in [-0.3, -0.25) is 15.4 Å². The average molecular weight is 330 g/mol. The molecule has 0 aliphatic rings. The van der Waals surface area contributed by atoms with Gasteiger partial charge in [-0.15, -0.1) is 11.3 Å². The lowest BCUT2D eigenvalue weighted by molar-refractivity contribution is 1.11. The van der Waals surface area contributed by atoms with Gasteiger partial charge in [-0.25, -0.2) is 4.98 Å². The number of halogens is 1. The van der Waals surface area contributed by atoms with Crippen LogP contribution in [0.2, 0.25) is 5.15 Å². The number of pyridine rings is 2. The summed E-state index contributed by atoms with van der Waals surface area (Å²) in [6.07, 6.45) is 5.19. The molecular formula is C15H12ClN5S. The number of nitrogens with zero attached hydrogens (tertiary/aromatic N) is 3. The van der Waals surface area contributed by atoms with Crippen molar-refractivity contribution in [1.29, 1.82) is 5.41 Å². The van der Waals surface area contributed by atoms with Crippen molar-refractivity contribution < 1.29 is 0 Å². The average Bonchev–Trinajstić information content (AvgIpc) is 3.05. The maximum absolute atomic E-state index is 8.38. The van der Waals surface area contributed by atoms with Gasteiger partial charge in [0.05, 0.1) is 27.1 Å². The van der Waals surface area contributed by atoms with Crippen LogP contribution in [0.4, 0.5) is 0 Å². The molecule has 110 valence electrons. The molecule has 0 aromatic carbocycles. The smallest absolute Gasteiger partial charge is 0.129 e. The van der Waals surface area contributed by atoms with Gasteiger partial charge in [-0.2, -0.15) is 0 Å². The second-order valence-electron chi connectivity index (χ2n) is 4.48. The number of rotatable bonds is 4. The Labute approximate surface area is 136 Å². The first-order chi connectivity index (χ1) is 10.7. The van der Waals surface area contributed by atoms with E-state index < -0.39 is 0 Å². The molecule has 0 spiro atoms. The molecule has 7 heteroatoms. The zero-order valence-electron chi connectivity index (χ0n) is 11.7. The molecule has 0 atom stereocenters. The summed E-state index contributed by atoms with van der Waals surface area (Å²) in [6, 6.07) is 5.41. The van der Waals surface area contributed by atoms with Crippen LogP contribution in [0.5, 0.6) is 0 Å². The lowest BCUT2D eigenvalue weighted by Crippen LogP contribution is -2.06. The zero-order chi connectivity index (χ0) is 15.5. The van der Waals surface area contributed by atoms with Crippen LogP contribution in [0.3, 0.4) is 0 Å². The standard InChI is InChI=1S/C15H12ClN5S/c1-18-6-10(15(17)13-7-19-8-22-13)9-4-12-11(20-5-9)2-3-14(16)21-12/h2-8,17-18H,1H3/b10-6-,17-15?. The Hall–Kier alpha value is -2.31. The number of fused-ring (bicyclic) bond motifs is 1. The Balaban J connectivity index is 2.09. The van der Waals surface area contributed by atoms with Crippen molar-refractivity contribution in [3.05, 3.63) is 57.9 Å². The van der Waals surface area contributed by atoms with Gasteiger partial charge in [-0.05, 0) is 18.2 Å². The van der Waals surface area contributed by atoms with Gasteiger partial charge in [0.2, 0.25) is 0 Å². The van der Waals surface area contributed by atoms with Crippen molar-refractivity contribution in [2.75, 3.05) is 7.05 Å².